The number of aromatic nitrogens is 3. The molecular weight excluding hydrogens is 566 g/mol. The zero-order valence-corrected chi connectivity index (χ0v) is 24.7. The van der Waals surface area contributed by atoms with Crippen molar-refractivity contribution in [1.29, 1.82) is 0 Å². The molecule has 0 radical (unpaired) electrons. The first-order chi connectivity index (χ1) is 21.3. The summed E-state index contributed by atoms with van der Waals surface area (Å²) < 4.78 is 37.5. The third-order valence-electron chi connectivity index (χ3n) is 10.2. The molecule has 4 fully saturated rings. The van der Waals surface area contributed by atoms with Crippen LogP contribution in [0.2, 0.25) is 0 Å². The van der Waals surface area contributed by atoms with E-state index in [1.54, 1.807) is 6.07 Å². The Morgan fingerprint density at radius 1 is 1.14 bits per heavy atom. The summed E-state index contributed by atoms with van der Waals surface area (Å²) in [6.07, 6.45) is 3.99. The van der Waals surface area contributed by atoms with E-state index >= 15 is 4.39 Å². The molecule has 11 heteroatoms. The van der Waals surface area contributed by atoms with Gasteiger partial charge in [-0.3, -0.25) is 9.69 Å². The predicted octanol–water partition coefficient (Wildman–Crippen LogP) is 4.44. The Hall–Kier alpha value is -3.83. The van der Waals surface area contributed by atoms with E-state index in [1.807, 2.05) is 30.0 Å². The number of phenolic OH excluding ortho intramolecular Hbond substituents is 1. The number of anilines is 1. The number of nitrogens with one attached hydrogen (secondary N) is 2. The van der Waals surface area contributed by atoms with E-state index < -0.39 is 23.1 Å². The van der Waals surface area contributed by atoms with Crippen LogP contribution in [-0.4, -0.2) is 81.5 Å². The van der Waals surface area contributed by atoms with Crippen LogP contribution in [0.1, 0.15) is 44.6 Å². The summed E-state index contributed by atoms with van der Waals surface area (Å²) in [6.45, 7) is 4.67. The Morgan fingerprint density at radius 3 is 2.75 bits per heavy atom. The highest BCUT2D eigenvalue weighted by Gasteiger charge is 2.49. The van der Waals surface area contributed by atoms with Crippen molar-refractivity contribution in [2.45, 2.75) is 69.2 Å². The number of rotatable bonds is 6. The molecule has 0 amide bonds. The maximum Gasteiger partial charge on any atom is 0.319 e. The van der Waals surface area contributed by atoms with Gasteiger partial charge < -0.3 is 25.0 Å². The molecule has 2 unspecified atom stereocenters. The number of hydrogen-bond acceptors (Lipinski definition) is 8. The number of hydrogen-bond donors (Lipinski definition) is 3. The summed E-state index contributed by atoms with van der Waals surface area (Å²) in [6, 6.07) is 9.32. The van der Waals surface area contributed by atoms with Gasteiger partial charge in [-0.15, -0.1) is 0 Å². The average Bonchev–Trinajstić information content (AvgIpc) is 3.66. The van der Waals surface area contributed by atoms with Crippen LogP contribution >= 0.6 is 0 Å². The molecule has 9 nitrogen and oxygen atoms in total. The summed E-state index contributed by atoms with van der Waals surface area (Å²) in [5.41, 5.74) is 0.237. The third kappa shape index (κ3) is 4.42. The largest absolute Gasteiger partial charge is 0.508 e. The summed E-state index contributed by atoms with van der Waals surface area (Å²) >= 11 is 0. The molecular formula is C33H36F2N6O3. The zero-order chi connectivity index (χ0) is 30.2. The van der Waals surface area contributed by atoms with Gasteiger partial charge in [0.05, 0.1) is 11.2 Å². The van der Waals surface area contributed by atoms with Gasteiger partial charge in [-0.2, -0.15) is 9.97 Å². The number of aromatic hydroxyl groups is 1. The molecule has 4 aliphatic rings. The minimum Gasteiger partial charge on any atom is -0.508 e. The first kappa shape index (κ1) is 27.7. The minimum absolute atomic E-state index is 0.0209. The maximum absolute atomic E-state index is 16.8. The molecule has 4 aromatic rings. The van der Waals surface area contributed by atoms with Crippen LogP contribution in [0, 0.1) is 5.82 Å². The lowest BCUT2D eigenvalue weighted by molar-refractivity contribution is 0.107. The van der Waals surface area contributed by atoms with Crippen LogP contribution in [0.25, 0.3) is 32.9 Å². The molecule has 2 aromatic carbocycles. The standard InChI is InChI=1S/C33H36F2N6O3/c1-2-18-5-3-6-19-11-23(42)12-24(25(18)19)28-27(35)29-26(31(43)37-28)30(40-15-21-7-8-22(16-40)36-21)39-32(38-29)44-17-33-9-4-10-41(33)14-20(34)13-33/h3,5-6,11-12,20-22,36,42H,2,4,7-10,13-17H2,1H3,(H,37,43)/t20-,21?,22?,33+/m1/s1. The van der Waals surface area contributed by atoms with Gasteiger partial charge >= 0.3 is 6.01 Å². The fourth-order valence-electron chi connectivity index (χ4n) is 8.22. The van der Waals surface area contributed by atoms with E-state index in [9.17, 15) is 14.3 Å². The number of pyridine rings is 1. The molecule has 0 aliphatic carbocycles. The van der Waals surface area contributed by atoms with Gasteiger partial charge in [-0.1, -0.05) is 25.1 Å². The number of aromatic amines is 1. The normalized spacial score (nSPS) is 26.6. The van der Waals surface area contributed by atoms with Crippen LogP contribution in [0.3, 0.4) is 0 Å². The van der Waals surface area contributed by atoms with E-state index in [0.717, 1.165) is 48.6 Å². The number of phenols is 1. The van der Waals surface area contributed by atoms with Gasteiger partial charge in [-0.25, -0.2) is 8.78 Å². The number of benzene rings is 2. The van der Waals surface area contributed by atoms with Crippen LogP contribution in [-0.2, 0) is 6.42 Å². The molecule has 8 rings (SSSR count). The molecule has 0 spiro atoms. The van der Waals surface area contributed by atoms with Crippen molar-refractivity contribution < 1.29 is 18.6 Å². The fraction of sp³-hybridized carbons (Fsp3) is 0.485. The highest BCUT2D eigenvalue weighted by atomic mass is 19.1. The van der Waals surface area contributed by atoms with Crippen molar-refractivity contribution in [2.24, 2.45) is 0 Å². The zero-order valence-electron chi connectivity index (χ0n) is 24.7. The topological polar surface area (TPSA) is 107 Å². The molecule has 6 heterocycles. The molecule has 4 atom stereocenters. The number of piperazine rings is 1. The molecule has 230 valence electrons. The van der Waals surface area contributed by atoms with Crippen LogP contribution in [0.15, 0.2) is 35.1 Å². The fourth-order valence-corrected chi connectivity index (χ4v) is 8.22. The molecule has 44 heavy (non-hydrogen) atoms. The van der Waals surface area contributed by atoms with Gasteiger partial charge in [0.25, 0.3) is 5.56 Å². The number of alkyl halides is 1. The second-order valence-electron chi connectivity index (χ2n) is 13.0. The quantitative estimate of drug-likeness (QED) is 0.298. The number of fused-ring (bicyclic) bond motifs is 5. The Balaban J connectivity index is 1.30. The van der Waals surface area contributed by atoms with Gasteiger partial charge in [-0.05, 0) is 67.1 Å². The number of ether oxygens (including phenoxy) is 1. The van der Waals surface area contributed by atoms with Gasteiger partial charge in [0.15, 0.2) is 5.82 Å². The van der Waals surface area contributed by atoms with E-state index in [0.29, 0.717) is 43.9 Å². The number of halogens is 2. The first-order valence-electron chi connectivity index (χ1n) is 15.7. The van der Waals surface area contributed by atoms with Gasteiger partial charge in [0, 0.05) is 43.7 Å². The predicted molar refractivity (Wildman–Crippen MR) is 165 cm³/mol. The molecule has 3 N–H and O–H groups in total. The van der Waals surface area contributed by atoms with Crippen molar-refractivity contribution in [3.63, 3.8) is 0 Å². The van der Waals surface area contributed by atoms with Crippen LogP contribution in [0.4, 0.5) is 14.6 Å². The number of H-pyrrole nitrogens is 1. The van der Waals surface area contributed by atoms with Gasteiger partial charge in [0.2, 0.25) is 0 Å². The van der Waals surface area contributed by atoms with Crippen molar-refractivity contribution in [3.8, 4) is 23.0 Å². The lowest BCUT2D eigenvalue weighted by atomic mass is 9.95. The Labute approximate surface area is 253 Å². The lowest BCUT2D eigenvalue weighted by Gasteiger charge is -2.34. The molecule has 4 saturated heterocycles. The molecule has 2 bridgehead atoms. The second-order valence-corrected chi connectivity index (χ2v) is 13.0. The monoisotopic (exact) mass is 602 g/mol. The second kappa shape index (κ2) is 10.4. The molecule has 2 aromatic heterocycles. The Bertz CT molecular complexity index is 1840. The van der Waals surface area contributed by atoms with Gasteiger partial charge in [0.1, 0.15) is 35.2 Å². The van der Waals surface area contributed by atoms with E-state index in [2.05, 4.69) is 20.2 Å². The molecule has 4 aliphatic heterocycles. The summed E-state index contributed by atoms with van der Waals surface area (Å²) in [4.78, 5) is 30.2. The highest BCUT2D eigenvalue weighted by Crippen LogP contribution is 2.41. The smallest absolute Gasteiger partial charge is 0.319 e. The SMILES string of the molecule is CCc1cccc2cc(O)cc(-c3[nH]c(=O)c4c(N5CC6CCC(C5)N6)nc(OC[C@@]56CCCN5C[C@H](F)C6)nc4c3F)c12. The Kier molecular flexibility index (Phi) is 6.53. The third-order valence-corrected chi connectivity index (χ3v) is 10.2. The summed E-state index contributed by atoms with van der Waals surface area (Å²) in [5.74, 6) is -0.400. The van der Waals surface area contributed by atoms with Crippen LogP contribution in [0.5, 0.6) is 11.8 Å². The Morgan fingerprint density at radius 2 is 1.95 bits per heavy atom. The van der Waals surface area contributed by atoms with E-state index in [1.165, 1.54) is 6.07 Å². The maximum atomic E-state index is 16.8. The molecule has 0 saturated carbocycles. The number of nitrogens with zero attached hydrogens (tertiary/aromatic N) is 4. The first-order valence-corrected chi connectivity index (χ1v) is 15.7. The minimum atomic E-state index is -0.910. The summed E-state index contributed by atoms with van der Waals surface area (Å²) in [7, 11) is 0. The van der Waals surface area contributed by atoms with Crippen molar-refractivity contribution in [1.82, 2.24) is 25.2 Å². The van der Waals surface area contributed by atoms with E-state index in [-0.39, 0.29) is 47.0 Å². The van der Waals surface area contributed by atoms with Crippen LogP contribution < -0.4 is 20.5 Å². The van der Waals surface area contributed by atoms with E-state index in [4.69, 9.17) is 9.72 Å². The number of aryl methyl sites for hydroxylation is 1. The van der Waals surface area contributed by atoms with Crippen molar-refractivity contribution >= 4 is 27.5 Å². The highest BCUT2D eigenvalue weighted by molar-refractivity contribution is 6.01. The van der Waals surface area contributed by atoms with Crippen molar-refractivity contribution in [3.05, 3.63) is 52.1 Å². The average molecular weight is 603 g/mol. The summed E-state index contributed by atoms with van der Waals surface area (Å²) in [5, 5.41) is 15.8. The lowest BCUT2D eigenvalue weighted by Crippen LogP contribution is -2.51. The van der Waals surface area contributed by atoms with Crippen molar-refractivity contribution in [2.75, 3.05) is 37.7 Å².